The maximum absolute atomic E-state index is 11.9. The minimum absolute atomic E-state index is 0.363. The molecular formula is C21H23NO5. The van der Waals surface area contributed by atoms with Gasteiger partial charge in [-0.25, -0.2) is 4.79 Å². The van der Waals surface area contributed by atoms with Gasteiger partial charge in [0, 0.05) is 23.4 Å². The van der Waals surface area contributed by atoms with E-state index in [9.17, 15) is 9.59 Å². The van der Waals surface area contributed by atoms with Crippen molar-refractivity contribution in [3.63, 3.8) is 0 Å². The Balaban J connectivity index is 1.86. The fourth-order valence-corrected chi connectivity index (χ4v) is 2.32. The number of anilines is 1. The second-order valence-corrected chi connectivity index (χ2v) is 5.65. The molecule has 6 heteroatoms. The van der Waals surface area contributed by atoms with Crippen molar-refractivity contribution in [3.8, 4) is 11.5 Å². The summed E-state index contributed by atoms with van der Waals surface area (Å²) in [6.45, 7) is 1.69. The van der Waals surface area contributed by atoms with Gasteiger partial charge >= 0.3 is 5.97 Å². The second-order valence-electron chi connectivity index (χ2n) is 5.65. The van der Waals surface area contributed by atoms with Crippen molar-refractivity contribution >= 4 is 23.6 Å². The van der Waals surface area contributed by atoms with Crippen molar-refractivity contribution < 1.29 is 23.8 Å². The Morgan fingerprint density at radius 2 is 1.78 bits per heavy atom. The molecule has 0 aliphatic rings. The van der Waals surface area contributed by atoms with Crippen LogP contribution < -0.4 is 14.8 Å². The molecule has 0 unspecified atom stereocenters. The van der Waals surface area contributed by atoms with Crippen LogP contribution >= 0.6 is 0 Å². The van der Waals surface area contributed by atoms with E-state index in [0.717, 1.165) is 6.42 Å². The predicted octanol–water partition coefficient (Wildman–Crippen LogP) is 3.46. The first-order valence-corrected chi connectivity index (χ1v) is 8.51. The summed E-state index contributed by atoms with van der Waals surface area (Å²) in [7, 11) is 3.09. The zero-order chi connectivity index (χ0) is 19.6. The number of carbonyl (C=O) groups excluding carboxylic acids is 2. The summed E-state index contributed by atoms with van der Waals surface area (Å²) in [6.07, 6.45) is 3.73. The number of nitrogens with one attached hydrogen (secondary N) is 1. The molecule has 0 atom stereocenters. The highest BCUT2D eigenvalue weighted by Gasteiger charge is 2.07. The molecule has 0 saturated heterocycles. The third kappa shape index (κ3) is 6.18. The number of hydrogen-bond acceptors (Lipinski definition) is 5. The summed E-state index contributed by atoms with van der Waals surface area (Å²) in [5, 5.41) is 2.68. The Morgan fingerprint density at radius 3 is 2.41 bits per heavy atom. The molecule has 1 N–H and O–H groups in total. The molecule has 2 rings (SSSR count). The van der Waals surface area contributed by atoms with Gasteiger partial charge in [-0.3, -0.25) is 4.79 Å². The molecule has 27 heavy (non-hydrogen) atoms. The van der Waals surface area contributed by atoms with Crippen LogP contribution in [-0.2, 0) is 20.7 Å². The highest BCUT2D eigenvalue weighted by atomic mass is 16.5. The van der Waals surface area contributed by atoms with Crippen LogP contribution in [0.25, 0.3) is 6.08 Å². The lowest BCUT2D eigenvalue weighted by Crippen LogP contribution is -2.20. The van der Waals surface area contributed by atoms with E-state index in [2.05, 4.69) is 12.2 Å². The molecule has 0 radical (unpaired) electrons. The van der Waals surface area contributed by atoms with Crippen molar-refractivity contribution in [1.82, 2.24) is 0 Å². The number of hydrogen-bond donors (Lipinski definition) is 1. The zero-order valence-electron chi connectivity index (χ0n) is 15.7. The van der Waals surface area contributed by atoms with E-state index in [-0.39, 0.29) is 6.61 Å². The standard InChI is InChI=1S/C21H23NO5/c1-4-15-5-9-17(10-6-15)22-20(23)14-27-21(24)12-8-16-7-11-18(25-2)13-19(16)26-3/h5-13H,4,14H2,1-3H3,(H,22,23). The van der Waals surface area contributed by atoms with Crippen molar-refractivity contribution in [2.24, 2.45) is 0 Å². The Hall–Kier alpha value is -3.28. The number of ether oxygens (including phenoxy) is 3. The predicted molar refractivity (Wildman–Crippen MR) is 104 cm³/mol. The highest BCUT2D eigenvalue weighted by molar-refractivity contribution is 5.94. The van der Waals surface area contributed by atoms with E-state index in [0.29, 0.717) is 22.7 Å². The largest absolute Gasteiger partial charge is 0.497 e. The number of amides is 1. The van der Waals surface area contributed by atoms with Gasteiger partial charge in [-0.05, 0) is 42.3 Å². The normalized spacial score (nSPS) is 10.5. The maximum atomic E-state index is 11.9. The molecular weight excluding hydrogens is 346 g/mol. The van der Waals surface area contributed by atoms with E-state index in [1.807, 2.05) is 24.3 Å². The molecule has 0 fully saturated rings. The van der Waals surface area contributed by atoms with Crippen LogP contribution in [0, 0.1) is 0 Å². The number of aryl methyl sites for hydroxylation is 1. The number of carbonyl (C=O) groups is 2. The molecule has 2 aromatic carbocycles. The van der Waals surface area contributed by atoms with Crippen LogP contribution in [0.3, 0.4) is 0 Å². The van der Waals surface area contributed by atoms with Crippen LogP contribution in [0.2, 0.25) is 0 Å². The van der Waals surface area contributed by atoms with Gasteiger partial charge in [0.25, 0.3) is 5.91 Å². The molecule has 0 aromatic heterocycles. The minimum Gasteiger partial charge on any atom is -0.497 e. The molecule has 0 aliphatic carbocycles. The SMILES string of the molecule is CCc1ccc(NC(=O)COC(=O)C=Cc2ccc(OC)cc2OC)cc1. The first kappa shape index (κ1) is 20.0. The molecule has 1 amide bonds. The van der Waals surface area contributed by atoms with Gasteiger partial charge in [-0.15, -0.1) is 0 Å². The average molecular weight is 369 g/mol. The number of rotatable bonds is 8. The lowest BCUT2D eigenvalue weighted by Gasteiger charge is -2.07. The first-order valence-electron chi connectivity index (χ1n) is 8.51. The van der Waals surface area contributed by atoms with E-state index in [1.165, 1.54) is 18.7 Å². The second kappa shape index (κ2) is 10.0. The topological polar surface area (TPSA) is 73.9 Å². The summed E-state index contributed by atoms with van der Waals surface area (Å²) in [4.78, 5) is 23.7. The van der Waals surface area contributed by atoms with Crippen molar-refractivity contribution in [3.05, 3.63) is 59.7 Å². The van der Waals surface area contributed by atoms with Crippen LogP contribution in [-0.4, -0.2) is 32.7 Å². The van der Waals surface area contributed by atoms with Gasteiger partial charge in [-0.1, -0.05) is 19.1 Å². The minimum atomic E-state index is -0.621. The van der Waals surface area contributed by atoms with Gasteiger partial charge in [0.15, 0.2) is 6.61 Å². The molecule has 0 spiro atoms. The quantitative estimate of drug-likeness (QED) is 0.570. The van der Waals surface area contributed by atoms with Gasteiger partial charge in [0.1, 0.15) is 11.5 Å². The zero-order valence-corrected chi connectivity index (χ0v) is 15.7. The number of methoxy groups -OCH3 is 2. The van der Waals surface area contributed by atoms with E-state index < -0.39 is 11.9 Å². The van der Waals surface area contributed by atoms with Crippen LogP contribution in [0.1, 0.15) is 18.1 Å². The van der Waals surface area contributed by atoms with E-state index in [4.69, 9.17) is 14.2 Å². The lowest BCUT2D eigenvalue weighted by atomic mass is 10.1. The Kier molecular flexibility index (Phi) is 7.43. The van der Waals surface area contributed by atoms with E-state index >= 15 is 0 Å². The highest BCUT2D eigenvalue weighted by Crippen LogP contribution is 2.25. The van der Waals surface area contributed by atoms with Crippen molar-refractivity contribution in [1.29, 1.82) is 0 Å². The van der Waals surface area contributed by atoms with Crippen molar-refractivity contribution in [2.45, 2.75) is 13.3 Å². The smallest absolute Gasteiger partial charge is 0.331 e. The Bertz CT molecular complexity index is 812. The summed E-state index contributed by atoms with van der Waals surface area (Å²) in [5.41, 5.74) is 2.53. The third-order valence-corrected chi connectivity index (χ3v) is 3.83. The maximum Gasteiger partial charge on any atom is 0.331 e. The lowest BCUT2D eigenvalue weighted by molar-refractivity contribution is -0.142. The van der Waals surface area contributed by atoms with Gasteiger partial charge in [-0.2, -0.15) is 0 Å². The summed E-state index contributed by atoms with van der Waals surface area (Å²) in [5.74, 6) is 0.189. The summed E-state index contributed by atoms with van der Waals surface area (Å²) in [6, 6.07) is 12.7. The van der Waals surface area contributed by atoms with Crippen LogP contribution in [0.4, 0.5) is 5.69 Å². The Labute approximate surface area is 158 Å². The summed E-state index contributed by atoms with van der Waals surface area (Å²) >= 11 is 0. The van der Waals surface area contributed by atoms with Crippen LogP contribution in [0.5, 0.6) is 11.5 Å². The monoisotopic (exact) mass is 369 g/mol. The Morgan fingerprint density at radius 1 is 1.04 bits per heavy atom. The molecule has 0 bridgehead atoms. The van der Waals surface area contributed by atoms with Gasteiger partial charge < -0.3 is 19.5 Å². The fraction of sp³-hybridized carbons (Fsp3) is 0.238. The van der Waals surface area contributed by atoms with E-state index in [1.54, 1.807) is 31.4 Å². The average Bonchev–Trinajstić information content (AvgIpc) is 2.71. The molecule has 142 valence electrons. The molecule has 0 heterocycles. The first-order chi connectivity index (χ1) is 13.0. The van der Waals surface area contributed by atoms with Gasteiger partial charge in [0.05, 0.1) is 14.2 Å². The number of benzene rings is 2. The summed E-state index contributed by atoms with van der Waals surface area (Å²) < 4.78 is 15.3. The molecule has 0 saturated carbocycles. The van der Waals surface area contributed by atoms with Crippen LogP contribution in [0.15, 0.2) is 48.5 Å². The molecule has 0 aliphatic heterocycles. The van der Waals surface area contributed by atoms with Crippen molar-refractivity contribution in [2.75, 3.05) is 26.1 Å². The van der Waals surface area contributed by atoms with Gasteiger partial charge in [0.2, 0.25) is 0 Å². The fourth-order valence-electron chi connectivity index (χ4n) is 2.32. The molecule has 6 nitrogen and oxygen atoms in total. The third-order valence-electron chi connectivity index (χ3n) is 3.83. The number of esters is 1. The molecule has 2 aromatic rings.